The fraction of sp³-hybridized carbons (Fsp3) is 0.379. The molecule has 0 bridgehead atoms. The van der Waals surface area contributed by atoms with Crippen molar-refractivity contribution in [3.05, 3.63) is 80.9 Å². The van der Waals surface area contributed by atoms with Crippen LogP contribution >= 0.6 is 11.6 Å². The van der Waals surface area contributed by atoms with Gasteiger partial charge in [-0.1, -0.05) is 23.7 Å². The molecule has 2 aromatic rings. The van der Waals surface area contributed by atoms with Crippen molar-refractivity contribution in [3.63, 3.8) is 0 Å². The normalized spacial score (nSPS) is 18.4. The molecule has 2 aromatic carbocycles. The highest BCUT2D eigenvalue weighted by Crippen LogP contribution is 2.51. The zero-order chi connectivity index (χ0) is 25.4. The minimum Gasteiger partial charge on any atom is -0.493 e. The third kappa shape index (κ3) is 4.32. The summed E-state index contributed by atoms with van der Waals surface area (Å²) in [5, 5.41) is 0.334. The van der Waals surface area contributed by atoms with Crippen LogP contribution in [0.2, 0.25) is 5.02 Å². The first-order valence-electron chi connectivity index (χ1n) is 12.5. The molecule has 5 nitrogen and oxygen atoms in total. The summed E-state index contributed by atoms with van der Waals surface area (Å²) in [6.07, 6.45) is 4.23. The van der Waals surface area contributed by atoms with Gasteiger partial charge in [-0.25, -0.2) is 4.39 Å². The molecule has 0 unspecified atom stereocenters. The Hall–Kier alpha value is -3.12. The van der Waals surface area contributed by atoms with Crippen molar-refractivity contribution in [3.8, 4) is 11.5 Å². The maximum absolute atomic E-state index is 13.3. The van der Waals surface area contributed by atoms with Crippen LogP contribution in [0.1, 0.15) is 62.5 Å². The van der Waals surface area contributed by atoms with E-state index in [4.69, 9.17) is 21.1 Å². The minimum atomic E-state index is -0.462. The molecule has 0 spiro atoms. The lowest BCUT2D eigenvalue weighted by molar-refractivity contribution is -0.117. The predicted octanol–water partition coefficient (Wildman–Crippen LogP) is 6.50. The first kappa shape index (κ1) is 24.6. The van der Waals surface area contributed by atoms with E-state index in [1.165, 1.54) is 19.2 Å². The van der Waals surface area contributed by atoms with Crippen LogP contribution in [-0.4, -0.2) is 30.1 Å². The Morgan fingerprint density at radius 1 is 0.972 bits per heavy atom. The molecule has 0 radical (unpaired) electrons. The molecule has 1 heterocycles. The number of hydrogen-bond acceptors (Lipinski definition) is 5. The number of ketones is 2. The van der Waals surface area contributed by atoms with Crippen molar-refractivity contribution >= 4 is 23.2 Å². The van der Waals surface area contributed by atoms with Gasteiger partial charge in [-0.2, -0.15) is 0 Å². The first-order valence-corrected chi connectivity index (χ1v) is 12.8. The Balaban J connectivity index is 1.59. The van der Waals surface area contributed by atoms with Crippen LogP contribution in [0.25, 0.3) is 0 Å². The quantitative estimate of drug-likeness (QED) is 0.445. The van der Waals surface area contributed by atoms with Gasteiger partial charge in [-0.05, 0) is 68.0 Å². The van der Waals surface area contributed by atoms with E-state index in [-0.39, 0.29) is 24.0 Å². The molecule has 188 valence electrons. The number of benzene rings is 2. The van der Waals surface area contributed by atoms with Gasteiger partial charge >= 0.3 is 0 Å². The number of methoxy groups -OCH3 is 1. The lowest BCUT2D eigenvalue weighted by atomic mass is 9.71. The van der Waals surface area contributed by atoms with E-state index in [9.17, 15) is 14.0 Å². The van der Waals surface area contributed by atoms with Crippen molar-refractivity contribution < 1.29 is 23.5 Å². The van der Waals surface area contributed by atoms with Crippen LogP contribution in [0.5, 0.6) is 11.5 Å². The van der Waals surface area contributed by atoms with Crippen LogP contribution in [0.3, 0.4) is 0 Å². The molecule has 0 N–H and O–H groups in total. The molecule has 3 aliphatic rings. The van der Waals surface area contributed by atoms with E-state index in [0.717, 1.165) is 65.9 Å². The summed E-state index contributed by atoms with van der Waals surface area (Å²) in [4.78, 5) is 28.8. The number of rotatable bonds is 6. The highest BCUT2D eigenvalue weighted by atomic mass is 35.5. The number of carbonyl (C=O) groups excluding carboxylic acids is 2. The lowest BCUT2D eigenvalue weighted by Gasteiger charge is -2.43. The van der Waals surface area contributed by atoms with Crippen molar-refractivity contribution in [2.24, 2.45) is 0 Å². The smallest absolute Gasteiger partial charge is 0.180 e. The van der Waals surface area contributed by atoms with Gasteiger partial charge in [0.05, 0.1) is 12.1 Å². The largest absolute Gasteiger partial charge is 0.493 e. The molecule has 0 aromatic heterocycles. The molecule has 1 aliphatic heterocycles. The maximum atomic E-state index is 13.3. The van der Waals surface area contributed by atoms with Crippen LogP contribution in [0, 0.1) is 5.82 Å². The summed E-state index contributed by atoms with van der Waals surface area (Å²) in [7, 11) is 1.53. The average Bonchev–Trinajstić information content (AvgIpc) is 2.87. The summed E-state index contributed by atoms with van der Waals surface area (Å²) in [6, 6.07) is 9.67. The molecule has 0 saturated carbocycles. The van der Waals surface area contributed by atoms with Crippen molar-refractivity contribution in [2.45, 2.75) is 58.0 Å². The number of hydrogen-bond donors (Lipinski definition) is 0. The summed E-state index contributed by atoms with van der Waals surface area (Å²) in [5.74, 6) is 0.202. The van der Waals surface area contributed by atoms with Gasteiger partial charge in [0.2, 0.25) is 0 Å². The van der Waals surface area contributed by atoms with E-state index < -0.39 is 5.92 Å². The minimum absolute atomic E-state index is 0.0938. The van der Waals surface area contributed by atoms with Gasteiger partial charge in [-0.3, -0.25) is 9.59 Å². The molecular weight excluding hydrogens is 481 g/mol. The van der Waals surface area contributed by atoms with E-state index in [2.05, 4.69) is 11.8 Å². The number of halogens is 2. The SMILES string of the molecule is CCN1C2=C(C(=O)CCC2)C(c2cc(Cl)c(OCc3ccc(F)cc3)c(OC)c2)C2=C1CCCC2=O. The van der Waals surface area contributed by atoms with Gasteiger partial charge in [0.25, 0.3) is 0 Å². The second kappa shape index (κ2) is 10.1. The number of ether oxygens (including phenoxy) is 2. The van der Waals surface area contributed by atoms with Crippen molar-refractivity contribution in [1.29, 1.82) is 0 Å². The predicted molar refractivity (Wildman–Crippen MR) is 136 cm³/mol. The van der Waals surface area contributed by atoms with Crippen molar-refractivity contribution in [2.75, 3.05) is 13.7 Å². The number of Topliss-reactive ketones (excluding diaryl/α,β-unsaturated/α-hetero) is 2. The topological polar surface area (TPSA) is 55.8 Å². The summed E-state index contributed by atoms with van der Waals surface area (Å²) < 4.78 is 24.9. The number of carbonyl (C=O) groups is 2. The van der Waals surface area contributed by atoms with E-state index in [1.807, 2.05) is 6.07 Å². The van der Waals surface area contributed by atoms with Gasteiger partial charge in [0.1, 0.15) is 12.4 Å². The highest BCUT2D eigenvalue weighted by molar-refractivity contribution is 6.32. The third-order valence-corrected chi connectivity index (χ3v) is 7.56. The Kier molecular flexibility index (Phi) is 6.89. The fourth-order valence-electron chi connectivity index (χ4n) is 5.71. The highest BCUT2D eigenvalue weighted by Gasteiger charge is 2.43. The second-order valence-electron chi connectivity index (χ2n) is 9.40. The monoisotopic (exact) mass is 509 g/mol. The molecule has 5 rings (SSSR count). The third-order valence-electron chi connectivity index (χ3n) is 7.28. The van der Waals surface area contributed by atoms with Gasteiger partial charge in [-0.15, -0.1) is 0 Å². The zero-order valence-electron chi connectivity index (χ0n) is 20.5. The second-order valence-corrected chi connectivity index (χ2v) is 9.81. The molecule has 0 amide bonds. The van der Waals surface area contributed by atoms with Crippen LogP contribution in [0.4, 0.5) is 4.39 Å². The van der Waals surface area contributed by atoms with E-state index in [1.54, 1.807) is 18.2 Å². The summed E-state index contributed by atoms with van der Waals surface area (Å²) in [5.41, 5.74) is 5.06. The van der Waals surface area contributed by atoms with Crippen LogP contribution in [0.15, 0.2) is 58.9 Å². The molecule has 2 aliphatic carbocycles. The molecule has 36 heavy (non-hydrogen) atoms. The summed E-state index contributed by atoms with van der Waals surface area (Å²) in [6.45, 7) is 2.98. The van der Waals surface area contributed by atoms with Gasteiger partial charge < -0.3 is 14.4 Å². The fourth-order valence-corrected chi connectivity index (χ4v) is 5.99. The standard InChI is InChI=1S/C29H29ClFNO4/c1-3-32-21-6-4-8-23(33)27(21)26(28-22(32)7-5-9-24(28)34)18-14-20(30)29(25(15-18)35-2)36-16-17-10-12-19(31)13-11-17/h10-15,26H,3-9,16H2,1-2H3. The zero-order valence-corrected chi connectivity index (χ0v) is 21.3. The average molecular weight is 510 g/mol. The first-order chi connectivity index (χ1) is 17.4. The van der Waals surface area contributed by atoms with Gasteiger partial charge in [0.15, 0.2) is 23.1 Å². The Morgan fingerprint density at radius 2 is 1.58 bits per heavy atom. The molecule has 0 atom stereocenters. The Bertz CT molecular complexity index is 1240. The number of allylic oxidation sites excluding steroid dienone is 4. The van der Waals surface area contributed by atoms with Crippen molar-refractivity contribution in [1.82, 2.24) is 4.90 Å². The molecule has 7 heteroatoms. The molecule has 0 fully saturated rings. The lowest BCUT2D eigenvalue weighted by Crippen LogP contribution is -2.39. The van der Waals surface area contributed by atoms with E-state index in [0.29, 0.717) is 29.4 Å². The Morgan fingerprint density at radius 3 is 2.14 bits per heavy atom. The number of nitrogens with zero attached hydrogens (tertiary/aromatic N) is 1. The Labute approximate surface area is 215 Å². The maximum Gasteiger partial charge on any atom is 0.180 e. The van der Waals surface area contributed by atoms with E-state index >= 15 is 0 Å². The van der Waals surface area contributed by atoms with Crippen LogP contribution in [-0.2, 0) is 16.2 Å². The molecule has 0 saturated heterocycles. The van der Waals surface area contributed by atoms with Gasteiger partial charge in [0, 0.05) is 47.8 Å². The summed E-state index contributed by atoms with van der Waals surface area (Å²) >= 11 is 6.73. The molecular formula is C29H29ClFNO4. The van der Waals surface area contributed by atoms with Crippen LogP contribution < -0.4 is 9.47 Å².